The van der Waals surface area contributed by atoms with Crippen molar-refractivity contribution in [2.45, 2.75) is 26.7 Å². The minimum atomic E-state index is 0.277. The van der Waals surface area contributed by atoms with Gasteiger partial charge < -0.3 is 5.11 Å². The Kier molecular flexibility index (Phi) is 1.40. The molecule has 0 amide bonds. The highest BCUT2D eigenvalue weighted by Crippen LogP contribution is 2.64. The van der Waals surface area contributed by atoms with Crippen molar-refractivity contribution in [2.75, 3.05) is 6.61 Å². The maximum absolute atomic E-state index is 8.93. The molecule has 0 bridgehead atoms. The molecule has 1 N–H and O–H groups in total. The van der Waals surface area contributed by atoms with Gasteiger partial charge in [-0.2, -0.15) is 0 Å². The van der Waals surface area contributed by atoms with Crippen LogP contribution in [0.4, 0.5) is 0 Å². The van der Waals surface area contributed by atoms with Crippen LogP contribution < -0.4 is 0 Å². The van der Waals surface area contributed by atoms with E-state index in [1.807, 2.05) is 0 Å². The fourth-order valence-electron chi connectivity index (χ4n) is 2.52. The predicted molar refractivity (Wildman–Crippen MR) is 45.2 cm³/mol. The van der Waals surface area contributed by atoms with Gasteiger partial charge in [-0.1, -0.05) is 19.9 Å². The van der Waals surface area contributed by atoms with Crippen LogP contribution in [0.3, 0.4) is 0 Å². The second kappa shape index (κ2) is 2.10. The smallest absolute Gasteiger partial charge is 0.0641 e. The standard InChI is InChI=1S/C10H16O/c1-10(2)8-4-3-7(6-11)5-9(8)10/h3,8-9,11H,4-6H2,1-2H3/t8?,9-/m0/s1. The highest BCUT2D eigenvalue weighted by molar-refractivity contribution is 5.20. The van der Waals surface area contributed by atoms with E-state index in [-0.39, 0.29) is 6.61 Å². The van der Waals surface area contributed by atoms with Crippen molar-refractivity contribution in [1.29, 1.82) is 0 Å². The molecule has 11 heavy (non-hydrogen) atoms. The molecular formula is C10H16O. The second-order valence-corrected chi connectivity index (χ2v) is 4.49. The quantitative estimate of drug-likeness (QED) is 0.569. The molecule has 2 atom stereocenters. The highest BCUT2D eigenvalue weighted by Gasteiger charge is 2.57. The minimum Gasteiger partial charge on any atom is -0.392 e. The van der Waals surface area contributed by atoms with Gasteiger partial charge in [0, 0.05) is 0 Å². The lowest BCUT2D eigenvalue weighted by molar-refractivity contribution is 0.320. The zero-order valence-electron chi connectivity index (χ0n) is 7.30. The zero-order valence-corrected chi connectivity index (χ0v) is 7.30. The topological polar surface area (TPSA) is 20.2 Å². The fraction of sp³-hybridized carbons (Fsp3) is 0.800. The molecule has 1 saturated carbocycles. The molecule has 0 spiro atoms. The lowest BCUT2D eigenvalue weighted by Crippen LogP contribution is -1.98. The number of fused-ring (bicyclic) bond motifs is 1. The Morgan fingerprint density at radius 1 is 1.55 bits per heavy atom. The maximum atomic E-state index is 8.93. The number of aliphatic hydroxyl groups excluding tert-OH is 1. The van der Waals surface area contributed by atoms with Crippen LogP contribution in [0.2, 0.25) is 0 Å². The van der Waals surface area contributed by atoms with Gasteiger partial charge in [-0.3, -0.25) is 0 Å². The van der Waals surface area contributed by atoms with Crippen LogP contribution in [0.1, 0.15) is 26.7 Å². The van der Waals surface area contributed by atoms with Crippen molar-refractivity contribution in [1.82, 2.24) is 0 Å². The molecule has 1 fully saturated rings. The van der Waals surface area contributed by atoms with E-state index in [4.69, 9.17) is 5.11 Å². The van der Waals surface area contributed by atoms with Crippen molar-refractivity contribution in [3.63, 3.8) is 0 Å². The van der Waals surface area contributed by atoms with Crippen LogP contribution in [0.15, 0.2) is 11.6 Å². The molecule has 2 rings (SSSR count). The average molecular weight is 152 g/mol. The summed E-state index contributed by atoms with van der Waals surface area (Å²) < 4.78 is 0. The molecule has 0 aliphatic heterocycles. The molecule has 0 saturated heterocycles. The fourth-order valence-corrected chi connectivity index (χ4v) is 2.52. The van der Waals surface area contributed by atoms with E-state index in [0.29, 0.717) is 5.41 Å². The molecule has 0 aromatic heterocycles. The van der Waals surface area contributed by atoms with E-state index in [0.717, 1.165) is 18.3 Å². The third kappa shape index (κ3) is 0.943. The highest BCUT2D eigenvalue weighted by atomic mass is 16.3. The molecule has 1 heteroatoms. The third-order valence-corrected chi connectivity index (χ3v) is 3.63. The van der Waals surface area contributed by atoms with E-state index in [9.17, 15) is 0 Å². The van der Waals surface area contributed by atoms with Crippen LogP contribution in [0.5, 0.6) is 0 Å². The van der Waals surface area contributed by atoms with Gasteiger partial charge in [-0.25, -0.2) is 0 Å². The van der Waals surface area contributed by atoms with Gasteiger partial charge in [0.1, 0.15) is 0 Å². The van der Waals surface area contributed by atoms with Crippen LogP contribution in [0, 0.1) is 17.3 Å². The van der Waals surface area contributed by atoms with Crippen molar-refractivity contribution in [3.05, 3.63) is 11.6 Å². The Hall–Kier alpha value is -0.300. The van der Waals surface area contributed by atoms with Crippen LogP contribution in [0.25, 0.3) is 0 Å². The van der Waals surface area contributed by atoms with E-state index < -0.39 is 0 Å². The van der Waals surface area contributed by atoms with Crippen LogP contribution in [-0.2, 0) is 0 Å². The molecule has 0 heterocycles. The van der Waals surface area contributed by atoms with E-state index in [1.54, 1.807) is 0 Å². The van der Waals surface area contributed by atoms with Crippen molar-refractivity contribution in [2.24, 2.45) is 17.3 Å². The van der Waals surface area contributed by atoms with E-state index in [1.165, 1.54) is 12.0 Å². The molecule has 0 aromatic rings. The maximum Gasteiger partial charge on any atom is 0.0641 e. The first-order chi connectivity index (χ1) is 5.16. The van der Waals surface area contributed by atoms with Gasteiger partial charge in [0.05, 0.1) is 6.61 Å². The molecule has 1 unspecified atom stereocenters. The van der Waals surface area contributed by atoms with Crippen LogP contribution in [-0.4, -0.2) is 11.7 Å². The summed E-state index contributed by atoms with van der Waals surface area (Å²) in [4.78, 5) is 0. The monoisotopic (exact) mass is 152 g/mol. The molecule has 2 aliphatic carbocycles. The number of rotatable bonds is 1. The molecule has 0 aromatic carbocycles. The first kappa shape index (κ1) is 7.35. The summed E-state index contributed by atoms with van der Waals surface area (Å²) in [5.41, 5.74) is 1.82. The Labute approximate surface area is 68.1 Å². The number of allylic oxidation sites excluding steroid dienone is 1. The van der Waals surface area contributed by atoms with E-state index in [2.05, 4.69) is 19.9 Å². The first-order valence-corrected chi connectivity index (χ1v) is 4.45. The SMILES string of the molecule is CC1(C)C2CC=C(CO)C[C@@H]21. The Morgan fingerprint density at radius 2 is 2.27 bits per heavy atom. The van der Waals surface area contributed by atoms with Gasteiger partial charge in [0.2, 0.25) is 0 Å². The molecule has 1 nitrogen and oxygen atoms in total. The van der Waals surface area contributed by atoms with Gasteiger partial charge in [-0.15, -0.1) is 0 Å². The molecule has 0 radical (unpaired) electrons. The number of hydrogen-bond donors (Lipinski definition) is 1. The van der Waals surface area contributed by atoms with Crippen molar-refractivity contribution < 1.29 is 5.11 Å². The molecule has 62 valence electrons. The number of hydrogen-bond acceptors (Lipinski definition) is 1. The molecular weight excluding hydrogens is 136 g/mol. The molecule has 2 aliphatic rings. The lowest BCUT2D eigenvalue weighted by atomic mass is 10.0. The van der Waals surface area contributed by atoms with Gasteiger partial charge in [-0.05, 0) is 35.7 Å². The van der Waals surface area contributed by atoms with Crippen molar-refractivity contribution >= 4 is 0 Å². The summed E-state index contributed by atoms with van der Waals surface area (Å²) >= 11 is 0. The van der Waals surface area contributed by atoms with Gasteiger partial charge >= 0.3 is 0 Å². The van der Waals surface area contributed by atoms with Gasteiger partial charge in [0.15, 0.2) is 0 Å². The van der Waals surface area contributed by atoms with Crippen molar-refractivity contribution in [3.8, 4) is 0 Å². The summed E-state index contributed by atoms with van der Waals surface area (Å²) in [6.45, 7) is 4.96. The summed E-state index contributed by atoms with van der Waals surface area (Å²) in [5.74, 6) is 1.78. The largest absolute Gasteiger partial charge is 0.392 e. The summed E-state index contributed by atoms with van der Waals surface area (Å²) in [6.07, 6.45) is 4.58. The predicted octanol–water partition coefficient (Wildman–Crippen LogP) is 1.97. The van der Waals surface area contributed by atoms with E-state index >= 15 is 0 Å². The lowest BCUT2D eigenvalue weighted by Gasteiger charge is -2.07. The Balaban J connectivity index is 2.06. The first-order valence-electron chi connectivity index (χ1n) is 4.45. The summed E-state index contributed by atoms with van der Waals surface area (Å²) in [5, 5.41) is 8.93. The summed E-state index contributed by atoms with van der Waals surface area (Å²) in [7, 11) is 0. The third-order valence-electron chi connectivity index (χ3n) is 3.63. The Morgan fingerprint density at radius 3 is 2.82 bits per heavy atom. The van der Waals surface area contributed by atoms with Crippen LogP contribution >= 0.6 is 0 Å². The Bertz CT molecular complexity index is 203. The van der Waals surface area contributed by atoms with Gasteiger partial charge in [0.25, 0.3) is 0 Å². The second-order valence-electron chi connectivity index (χ2n) is 4.49. The normalized spacial score (nSPS) is 39.4. The minimum absolute atomic E-state index is 0.277. The average Bonchev–Trinajstić information content (AvgIpc) is 2.55. The summed E-state index contributed by atoms with van der Waals surface area (Å²) in [6, 6.07) is 0. The number of aliphatic hydroxyl groups is 1. The zero-order chi connectivity index (χ0) is 8.06.